The van der Waals surface area contributed by atoms with E-state index in [9.17, 15) is 0 Å². The van der Waals surface area contributed by atoms with Crippen molar-refractivity contribution in [3.8, 4) is 0 Å². The van der Waals surface area contributed by atoms with E-state index in [1.165, 1.54) is 56.9 Å². The number of hydrogen-bond acceptors (Lipinski definition) is 2. The van der Waals surface area contributed by atoms with Gasteiger partial charge in [-0.2, -0.15) is 0 Å². The van der Waals surface area contributed by atoms with Crippen LogP contribution < -0.4 is 11.3 Å². The van der Waals surface area contributed by atoms with Crippen molar-refractivity contribution in [2.45, 2.75) is 77.2 Å². The van der Waals surface area contributed by atoms with Crippen LogP contribution >= 0.6 is 15.9 Å². The van der Waals surface area contributed by atoms with Crippen LogP contribution in [0.5, 0.6) is 0 Å². The second-order valence-corrected chi connectivity index (χ2v) is 6.88. The van der Waals surface area contributed by atoms with E-state index in [-0.39, 0.29) is 0 Å². The number of hydrazine groups is 1. The van der Waals surface area contributed by atoms with Crippen LogP contribution in [0.3, 0.4) is 0 Å². The maximum atomic E-state index is 5.69. The third-order valence-electron chi connectivity index (χ3n) is 4.01. The van der Waals surface area contributed by atoms with Gasteiger partial charge >= 0.3 is 0 Å². The van der Waals surface area contributed by atoms with Crippen LogP contribution in [-0.2, 0) is 6.42 Å². The van der Waals surface area contributed by atoms with Crippen LogP contribution in [0.1, 0.15) is 70.3 Å². The number of unbranched alkanes of at least 4 members (excludes halogenated alkanes) is 7. The number of rotatable bonds is 12. The summed E-state index contributed by atoms with van der Waals surface area (Å²) in [6, 6.07) is 8.89. The summed E-state index contributed by atoms with van der Waals surface area (Å²) in [6.45, 7) is 2.27. The van der Waals surface area contributed by atoms with Gasteiger partial charge in [-0.05, 0) is 30.5 Å². The molecule has 1 aromatic carbocycles. The van der Waals surface area contributed by atoms with E-state index in [0.717, 1.165) is 17.3 Å². The van der Waals surface area contributed by atoms with E-state index >= 15 is 0 Å². The molecule has 0 aliphatic carbocycles. The topological polar surface area (TPSA) is 38.0 Å². The van der Waals surface area contributed by atoms with E-state index in [4.69, 9.17) is 5.84 Å². The molecule has 0 heterocycles. The third-order valence-corrected chi connectivity index (χ3v) is 4.51. The van der Waals surface area contributed by atoms with Crippen LogP contribution in [0.15, 0.2) is 28.7 Å². The lowest BCUT2D eigenvalue weighted by Gasteiger charge is -2.16. The highest BCUT2D eigenvalue weighted by Gasteiger charge is 2.07. The lowest BCUT2D eigenvalue weighted by molar-refractivity contribution is 0.458. The molecule has 1 rings (SSSR count). The molecule has 1 unspecified atom stereocenters. The Balaban J connectivity index is 2.11. The molecule has 0 fully saturated rings. The summed E-state index contributed by atoms with van der Waals surface area (Å²) < 4.78 is 1.14. The molecule has 3 heteroatoms. The van der Waals surface area contributed by atoms with Crippen LogP contribution in [0, 0.1) is 0 Å². The van der Waals surface area contributed by atoms with Gasteiger partial charge in [0.05, 0.1) is 0 Å². The monoisotopic (exact) mass is 354 g/mol. The van der Waals surface area contributed by atoms with Gasteiger partial charge < -0.3 is 0 Å². The summed E-state index contributed by atoms with van der Waals surface area (Å²) in [5, 5.41) is 0. The minimum atomic E-state index is 0.388. The smallest absolute Gasteiger partial charge is 0.0250 e. The van der Waals surface area contributed by atoms with Gasteiger partial charge in [-0.1, -0.05) is 86.4 Å². The lowest BCUT2D eigenvalue weighted by Crippen LogP contribution is -2.36. The molecule has 0 saturated carbocycles. The second kappa shape index (κ2) is 12.2. The van der Waals surface area contributed by atoms with Gasteiger partial charge in [0, 0.05) is 10.5 Å². The summed E-state index contributed by atoms with van der Waals surface area (Å²) in [7, 11) is 0. The quantitative estimate of drug-likeness (QED) is 0.301. The Morgan fingerprint density at radius 1 is 1.05 bits per heavy atom. The van der Waals surface area contributed by atoms with Gasteiger partial charge in [0.2, 0.25) is 0 Å². The highest BCUT2D eigenvalue weighted by molar-refractivity contribution is 9.10. The maximum Gasteiger partial charge on any atom is 0.0250 e. The third kappa shape index (κ3) is 9.28. The highest BCUT2D eigenvalue weighted by Crippen LogP contribution is 2.16. The van der Waals surface area contributed by atoms with Gasteiger partial charge in [0.25, 0.3) is 0 Å². The zero-order valence-corrected chi connectivity index (χ0v) is 15.0. The Hall–Kier alpha value is -0.380. The second-order valence-electron chi connectivity index (χ2n) is 5.96. The first-order valence-electron chi connectivity index (χ1n) is 8.46. The fraction of sp³-hybridized carbons (Fsp3) is 0.667. The van der Waals surface area contributed by atoms with E-state index in [1.807, 2.05) is 0 Å². The van der Waals surface area contributed by atoms with Crippen molar-refractivity contribution >= 4 is 15.9 Å². The molecule has 0 radical (unpaired) electrons. The van der Waals surface area contributed by atoms with Crippen LogP contribution in [0.25, 0.3) is 0 Å². The van der Waals surface area contributed by atoms with Crippen LogP contribution in [0.4, 0.5) is 0 Å². The number of halogens is 1. The Bertz CT molecular complexity index is 368. The maximum absolute atomic E-state index is 5.69. The fourth-order valence-electron chi connectivity index (χ4n) is 2.72. The zero-order chi connectivity index (χ0) is 15.3. The molecule has 1 atom stereocenters. The van der Waals surface area contributed by atoms with E-state index < -0.39 is 0 Å². The Labute approximate surface area is 139 Å². The molecule has 2 nitrogen and oxygen atoms in total. The molecule has 21 heavy (non-hydrogen) atoms. The van der Waals surface area contributed by atoms with Gasteiger partial charge in [-0.25, -0.2) is 0 Å². The SMILES string of the molecule is CCCCCCCCCCC(Cc1cccc(Br)c1)NN. The van der Waals surface area contributed by atoms with Crippen molar-refractivity contribution in [2.75, 3.05) is 0 Å². The van der Waals surface area contributed by atoms with Crippen molar-refractivity contribution in [3.63, 3.8) is 0 Å². The number of nitrogens with one attached hydrogen (secondary N) is 1. The molecular formula is C18H31BrN2. The van der Waals surface area contributed by atoms with Gasteiger partial charge in [0.1, 0.15) is 0 Å². The molecule has 0 aromatic heterocycles. The minimum Gasteiger partial charge on any atom is -0.271 e. The van der Waals surface area contributed by atoms with Crippen molar-refractivity contribution < 1.29 is 0 Å². The molecule has 0 bridgehead atoms. The summed E-state index contributed by atoms with van der Waals surface area (Å²) >= 11 is 3.52. The summed E-state index contributed by atoms with van der Waals surface area (Å²) in [6.07, 6.45) is 13.1. The zero-order valence-electron chi connectivity index (χ0n) is 13.4. The largest absolute Gasteiger partial charge is 0.271 e. The average molecular weight is 355 g/mol. The number of hydrogen-bond donors (Lipinski definition) is 2. The molecule has 1 aromatic rings. The summed E-state index contributed by atoms with van der Waals surface area (Å²) in [5.41, 5.74) is 4.31. The first-order valence-corrected chi connectivity index (χ1v) is 9.26. The van der Waals surface area contributed by atoms with Gasteiger partial charge in [-0.3, -0.25) is 11.3 Å². The van der Waals surface area contributed by atoms with Crippen molar-refractivity contribution in [3.05, 3.63) is 34.3 Å². The van der Waals surface area contributed by atoms with Crippen LogP contribution in [0.2, 0.25) is 0 Å². The van der Waals surface area contributed by atoms with Gasteiger partial charge in [-0.15, -0.1) is 0 Å². The summed E-state index contributed by atoms with van der Waals surface area (Å²) in [4.78, 5) is 0. The molecule has 120 valence electrons. The van der Waals surface area contributed by atoms with E-state index in [1.54, 1.807) is 0 Å². The molecule has 0 saturated heterocycles. The minimum absolute atomic E-state index is 0.388. The molecule has 0 amide bonds. The molecule has 0 aliphatic rings. The van der Waals surface area contributed by atoms with Crippen LogP contribution in [-0.4, -0.2) is 6.04 Å². The Kier molecular flexibility index (Phi) is 10.8. The molecular weight excluding hydrogens is 324 g/mol. The van der Waals surface area contributed by atoms with Gasteiger partial charge in [0.15, 0.2) is 0 Å². The summed E-state index contributed by atoms with van der Waals surface area (Å²) in [5.74, 6) is 5.69. The fourth-order valence-corrected chi connectivity index (χ4v) is 3.16. The normalized spacial score (nSPS) is 12.5. The van der Waals surface area contributed by atoms with Crippen molar-refractivity contribution in [1.29, 1.82) is 0 Å². The predicted molar refractivity (Wildman–Crippen MR) is 96.2 cm³/mol. The molecule has 0 spiro atoms. The standard InChI is InChI=1S/C18H31BrN2/c1-2-3-4-5-6-7-8-9-13-18(21-20)15-16-11-10-12-17(19)14-16/h10-12,14,18,21H,2-9,13,15,20H2,1H3. The average Bonchev–Trinajstić information content (AvgIpc) is 2.48. The van der Waals surface area contributed by atoms with Crippen molar-refractivity contribution in [2.24, 2.45) is 5.84 Å². The molecule has 0 aliphatic heterocycles. The number of nitrogens with two attached hydrogens (primary N) is 1. The lowest BCUT2D eigenvalue weighted by atomic mass is 10.00. The molecule has 3 N–H and O–H groups in total. The first kappa shape index (κ1) is 18.7. The number of benzene rings is 1. The van der Waals surface area contributed by atoms with Crippen molar-refractivity contribution in [1.82, 2.24) is 5.43 Å². The first-order chi connectivity index (χ1) is 10.3. The van der Waals surface area contributed by atoms with E-state index in [2.05, 4.69) is 52.5 Å². The van der Waals surface area contributed by atoms with E-state index in [0.29, 0.717) is 6.04 Å². The highest BCUT2D eigenvalue weighted by atomic mass is 79.9. The Morgan fingerprint density at radius 2 is 1.71 bits per heavy atom. The Morgan fingerprint density at radius 3 is 2.33 bits per heavy atom. The predicted octanol–water partition coefficient (Wildman–Crippen LogP) is 5.35.